The predicted octanol–water partition coefficient (Wildman–Crippen LogP) is 5.43. The highest BCUT2D eigenvalue weighted by Gasteiger charge is 2.76. The van der Waals surface area contributed by atoms with Gasteiger partial charge >= 0.3 is 0 Å². The first-order chi connectivity index (χ1) is 20.1. The third kappa shape index (κ3) is 3.63. The first-order valence-electron chi connectivity index (χ1n) is 14.5. The number of carbonyl (C=O) groups excluding carboxylic acids is 4. The summed E-state index contributed by atoms with van der Waals surface area (Å²) >= 11 is 14.6. The van der Waals surface area contributed by atoms with E-state index in [4.69, 9.17) is 23.2 Å². The van der Waals surface area contributed by atoms with Gasteiger partial charge in [0.15, 0.2) is 9.75 Å². The summed E-state index contributed by atoms with van der Waals surface area (Å²) in [5.74, 6) is -5.49. The molecular weight excluding hydrogens is 582 g/mol. The molecule has 2 aliphatic heterocycles. The molecule has 2 saturated heterocycles. The number of likely N-dealkylation sites (tertiary alicyclic amines) is 1. The SMILES string of the molecule is O=C1C2CC=C3C(CC4(Cl)C(=O)N(c5ccc(F)cc5)C(=O)C4(Cl)C3c3cccc(O)c3)C2C(=O)N1C1CCCCC1. The molecule has 7 rings (SSSR count). The summed E-state index contributed by atoms with van der Waals surface area (Å²) in [4.78, 5) is 54.6. The predicted molar refractivity (Wildman–Crippen MR) is 153 cm³/mol. The second-order valence-corrected chi connectivity index (χ2v) is 13.4. The number of nitrogens with zero attached hydrogens (tertiary/aromatic N) is 2. The minimum Gasteiger partial charge on any atom is -0.508 e. The van der Waals surface area contributed by atoms with Crippen LogP contribution in [0.5, 0.6) is 5.75 Å². The largest absolute Gasteiger partial charge is 0.508 e. The van der Waals surface area contributed by atoms with Gasteiger partial charge in [-0.05, 0) is 73.6 Å². The lowest BCUT2D eigenvalue weighted by Gasteiger charge is -2.50. The Kier molecular flexibility index (Phi) is 6.34. The number of phenols is 1. The molecule has 10 heteroatoms. The van der Waals surface area contributed by atoms with Crippen molar-refractivity contribution in [2.24, 2.45) is 17.8 Å². The van der Waals surface area contributed by atoms with Crippen LogP contribution in [0.1, 0.15) is 56.4 Å². The summed E-state index contributed by atoms with van der Waals surface area (Å²) in [6.45, 7) is 0. The number of rotatable bonds is 3. The quantitative estimate of drug-likeness (QED) is 0.284. The van der Waals surface area contributed by atoms with E-state index in [1.165, 1.54) is 29.2 Å². The Morgan fingerprint density at radius 2 is 1.60 bits per heavy atom. The molecule has 5 aliphatic rings. The number of fused-ring (bicyclic) bond motifs is 4. The average Bonchev–Trinajstić information content (AvgIpc) is 3.32. The highest BCUT2D eigenvalue weighted by molar-refractivity contribution is 6.58. The van der Waals surface area contributed by atoms with Gasteiger partial charge in [0.1, 0.15) is 11.6 Å². The number of halogens is 3. The molecule has 6 atom stereocenters. The molecule has 42 heavy (non-hydrogen) atoms. The van der Waals surface area contributed by atoms with Crippen LogP contribution in [0.25, 0.3) is 0 Å². The van der Waals surface area contributed by atoms with Crippen LogP contribution in [0.15, 0.2) is 60.2 Å². The molecule has 218 valence electrons. The summed E-state index contributed by atoms with van der Waals surface area (Å²) in [6.07, 6.45) is 6.60. The van der Waals surface area contributed by atoms with Crippen LogP contribution in [0, 0.1) is 23.6 Å². The molecule has 1 N–H and O–H groups in total. The van der Waals surface area contributed by atoms with Crippen LogP contribution in [0.3, 0.4) is 0 Å². The van der Waals surface area contributed by atoms with Crippen LogP contribution >= 0.6 is 23.2 Å². The molecule has 7 nitrogen and oxygen atoms in total. The maximum Gasteiger partial charge on any atom is 0.258 e. The van der Waals surface area contributed by atoms with Crippen molar-refractivity contribution in [3.05, 3.63) is 71.6 Å². The third-order valence-electron chi connectivity index (χ3n) is 10.1. The molecular formula is C32H29Cl2FN2O5. The Hall–Kier alpha value is -3.23. The fourth-order valence-corrected chi connectivity index (χ4v) is 9.14. The summed E-state index contributed by atoms with van der Waals surface area (Å²) in [7, 11) is 0. The molecule has 3 aliphatic carbocycles. The van der Waals surface area contributed by atoms with Crippen molar-refractivity contribution in [2.75, 3.05) is 4.90 Å². The van der Waals surface area contributed by atoms with Crippen LogP contribution in [0.2, 0.25) is 0 Å². The zero-order chi connectivity index (χ0) is 29.6. The molecule has 2 heterocycles. The summed E-state index contributed by atoms with van der Waals surface area (Å²) < 4.78 is 13.8. The highest BCUT2D eigenvalue weighted by atomic mass is 35.5. The Morgan fingerprint density at radius 1 is 0.881 bits per heavy atom. The second kappa shape index (κ2) is 9.64. The van der Waals surface area contributed by atoms with Crippen LogP contribution in [-0.2, 0) is 19.2 Å². The van der Waals surface area contributed by atoms with E-state index in [1.54, 1.807) is 12.1 Å². The standard InChI is InChI=1S/C32H29Cl2FN2O5/c33-31-16-24-22(13-14-23-25(24)28(40)36(27(23)39)19-6-2-1-3-7-19)26(17-5-4-8-21(38)15-17)32(31,34)30(42)37(29(31)41)20-11-9-18(35)10-12-20/h4-5,8-13,15,19,23-26,38H,1-3,6-7,14,16H2. The Labute approximate surface area is 252 Å². The number of benzene rings is 2. The van der Waals surface area contributed by atoms with Gasteiger partial charge in [0.05, 0.1) is 17.5 Å². The van der Waals surface area contributed by atoms with Crippen molar-refractivity contribution in [2.45, 2.75) is 66.7 Å². The number of allylic oxidation sites excluding steroid dienone is 2. The Bertz CT molecular complexity index is 1560. The molecule has 2 aromatic rings. The third-order valence-corrected chi connectivity index (χ3v) is 11.5. The number of anilines is 1. The van der Waals surface area contributed by atoms with Gasteiger partial charge in [0.2, 0.25) is 11.8 Å². The molecule has 4 amide bonds. The van der Waals surface area contributed by atoms with Crippen LogP contribution in [-0.4, -0.2) is 49.4 Å². The smallest absolute Gasteiger partial charge is 0.258 e. The zero-order valence-electron chi connectivity index (χ0n) is 22.6. The van der Waals surface area contributed by atoms with E-state index in [0.717, 1.165) is 49.1 Å². The first-order valence-corrected chi connectivity index (χ1v) is 15.2. The first kappa shape index (κ1) is 27.6. The molecule has 0 bridgehead atoms. The van der Waals surface area contributed by atoms with Crippen molar-refractivity contribution in [1.29, 1.82) is 0 Å². The van der Waals surface area contributed by atoms with Crippen molar-refractivity contribution >= 4 is 52.5 Å². The molecule has 0 radical (unpaired) electrons. The molecule has 6 unspecified atom stereocenters. The zero-order valence-corrected chi connectivity index (χ0v) is 24.2. The van der Waals surface area contributed by atoms with Crippen molar-refractivity contribution in [3.63, 3.8) is 0 Å². The molecule has 2 saturated carbocycles. The van der Waals surface area contributed by atoms with Crippen LogP contribution in [0.4, 0.5) is 10.1 Å². The second-order valence-electron chi connectivity index (χ2n) is 12.2. The number of hydrogen-bond donors (Lipinski definition) is 1. The lowest BCUT2D eigenvalue weighted by Crippen LogP contribution is -2.60. The van der Waals surface area contributed by atoms with Gasteiger partial charge in [-0.2, -0.15) is 0 Å². The number of imide groups is 2. The minimum absolute atomic E-state index is 0.0629. The topological polar surface area (TPSA) is 95.0 Å². The van der Waals surface area contributed by atoms with Gasteiger partial charge in [-0.1, -0.05) is 43.0 Å². The van der Waals surface area contributed by atoms with E-state index in [2.05, 4.69) is 0 Å². The number of alkyl halides is 2. The minimum atomic E-state index is -2.02. The van der Waals surface area contributed by atoms with E-state index in [0.29, 0.717) is 17.6 Å². The lowest BCUT2D eigenvalue weighted by atomic mass is 9.56. The van der Waals surface area contributed by atoms with Gasteiger partial charge in [0, 0.05) is 12.0 Å². The van der Waals surface area contributed by atoms with E-state index < -0.39 is 51.1 Å². The number of aromatic hydroxyl groups is 1. The van der Waals surface area contributed by atoms with Crippen molar-refractivity contribution in [1.82, 2.24) is 4.90 Å². The van der Waals surface area contributed by atoms with Gasteiger partial charge in [-0.3, -0.25) is 24.1 Å². The Morgan fingerprint density at radius 3 is 2.29 bits per heavy atom. The highest BCUT2D eigenvalue weighted by Crippen LogP contribution is 2.66. The molecule has 2 aromatic carbocycles. The maximum absolute atomic E-state index is 14.3. The van der Waals surface area contributed by atoms with E-state index >= 15 is 0 Å². The number of amides is 4. The van der Waals surface area contributed by atoms with Gasteiger partial charge < -0.3 is 5.11 Å². The number of hydrogen-bond acceptors (Lipinski definition) is 5. The Balaban J connectivity index is 1.37. The number of phenolic OH excluding ortho intramolecular Hbond substituents is 1. The lowest BCUT2D eigenvalue weighted by molar-refractivity contribution is -0.143. The van der Waals surface area contributed by atoms with Crippen LogP contribution < -0.4 is 4.90 Å². The summed E-state index contributed by atoms with van der Waals surface area (Å²) in [5.41, 5.74) is 1.26. The molecule has 4 fully saturated rings. The van der Waals surface area contributed by atoms with Crippen molar-refractivity contribution in [3.8, 4) is 5.75 Å². The average molecular weight is 611 g/mol. The monoisotopic (exact) mass is 610 g/mol. The molecule has 0 aromatic heterocycles. The normalized spacial score (nSPS) is 34.8. The van der Waals surface area contributed by atoms with Gasteiger partial charge in [-0.25, -0.2) is 9.29 Å². The summed E-state index contributed by atoms with van der Waals surface area (Å²) in [5, 5.41) is 10.4. The fourth-order valence-electron chi connectivity index (χ4n) is 8.20. The summed E-state index contributed by atoms with van der Waals surface area (Å²) in [6, 6.07) is 11.1. The van der Waals surface area contributed by atoms with Gasteiger partial charge in [0.25, 0.3) is 11.8 Å². The number of carbonyl (C=O) groups is 4. The van der Waals surface area contributed by atoms with Gasteiger partial charge in [-0.15, -0.1) is 23.2 Å². The fraction of sp³-hybridized carbons (Fsp3) is 0.438. The molecule has 0 spiro atoms. The van der Waals surface area contributed by atoms with E-state index in [-0.39, 0.29) is 35.7 Å². The van der Waals surface area contributed by atoms with Crippen molar-refractivity contribution < 1.29 is 28.7 Å². The van der Waals surface area contributed by atoms with E-state index in [1.807, 2.05) is 6.08 Å². The maximum atomic E-state index is 14.3. The van der Waals surface area contributed by atoms with E-state index in [9.17, 15) is 28.7 Å².